The summed E-state index contributed by atoms with van der Waals surface area (Å²) in [6.45, 7) is 7.78. The van der Waals surface area contributed by atoms with Crippen LogP contribution in [0.5, 0.6) is 0 Å². The van der Waals surface area contributed by atoms with Crippen molar-refractivity contribution >= 4 is 11.9 Å². The molecule has 0 aromatic carbocycles. The molecule has 0 spiro atoms. The van der Waals surface area contributed by atoms with Gasteiger partial charge < -0.3 is 9.64 Å². The Kier molecular flexibility index (Phi) is 5.23. The monoisotopic (exact) mass is 266 g/mol. The molecule has 19 heavy (non-hydrogen) atoms. The minimum absolute atomic E-state index is 0.0535. The van der Waals surface area contributed by atoms with Crippen molar-refractivity contribution in [2.24, 2.45) is 0 Å². The molecule has 1 amide bonds. The Morgan fingerprint density at radius 2 is 2.21 bits per heavy atom. The van der Waals surface area contributed by atoms with E-state index < -0.39 is 5.97 Å². The van der Waals surface area contributed by atoms with Gasteiger partial charge in [0.25, 0.3) is 0 Å². The van der Waals surface area contributed by atoms with E-state index in [1.54, 1.807) is 18.9 Å². The minimum Gasteiger partial charge on any atom is -0.457 e. The second-order valence-corrected chi connectivity index (χ2v) is 3.98. The van der Waals surface area contributed by atoms with Gasteiger partial charge >= 0.3 is 5.97 Å². The van der Waals surface area contributed by atoms with Crippen LogP contribution in [0.3, 0.4) is 0 Å². The summed E-state index contributed by atoms with van der Waals surface area (Å²) < 4.78 is 6.26. The summed E-state index contributed by atoms with van der Waals surface area (Å²) in [4.78, 5) is 25.0. The molecule has 104 valence electrons. The van der Waals surface area contributed by atoms with Crippen molar-refractivity contribution in [3.05, 3.63) is 24.0 Å². The molecule has 0 saturated carbocycles. The lowest BCUT2D eigenvalue weighted by Gasteiger charge is -2.14. The van der Waals surface area contributed by atoms with Crippen LogP contribution < -0.4 is 0 Å². The van der Waals surface area contributed by atoms with Gasteiger partial charge in [-0.15, -0.1) is 5.10 Å². The van der Waals surface area contributed by atoms with Crippen molar-refractivity contribution < 1.29 is 14.3 Å². The first kappa shape index (κ1) is 14.9. The van der Waals surface area contributed by atoms with E-state index in [-0.39, 0.29) is 24.8 Å². The number of rotatable bonds is 6. The van der Waals surface area contributed by atoms with Gasteiger partial charge in [0.15, 0.2) is 5.69 Å². The lowest BCUT2D eigenvalue weighted by Crippen LogP contribution is -2.30. The molecule has 7 nitrogen and oxygen atoms in total. The molecule has 0 saturated heterocycles. The fourth-order valence-electron chi connectivity index (χ4n) is 1.33. The summed E-state index contributed by atoms with van der Waals surface area (Å²) in [6.07, 6.45) is 1.47. The first-order chi connectivity index (χ1) is 9.01. The fraction of sp³-hybridized carbons (Fsp3) is 0.500. The van der Waals surface area contributed by atoms with Crippen molar-refractivity contribution in [1.82, 2.24) is 19.9 Å². The fourth-order valence-corrected chi connectivity index (χ4v) is 1.33. The molecule has 7 heteroatoms. The zero-order valence-corrected chi connectivity index (χ0v) is 11.4. The lowest BCUT2D eigenvalue weighted by atomic mass is 10.3. The number of likely N-dealkylation sites (N-methyl/N-ethyl adjacent to an activating group) is 1. The van der Waals surface area contributed by atoms with Crippen LogP contribution in [0.25, 0.3) is 0 Å². The highest BCUT2D eigenvalue weighted by Gasteiger charge is 2.19. The Labute approximate surface area is 111 Å². The molecule has 0 bridgehead atoms. The maximum absolute atomic E-state index is 11.8. The second-order valence-electron chi connectivity index (χ2n) is 3.98. The summed E-state index contributed by atoms with van der Waals surface area (Å²) in [6, 6.07) is 0. The average Bonchev–Trinajstić information content (AvgIpc) is 2.76. The van der Waals surface area contributed by atoms with Gasteiger partial charge in [0.2, 0.25) is 5.91 Å². The zero-order valence-electron chi connectivity index (χ0n) is 11.4. The molecule has 1 rings (SSSR count). The molecule has 0 radical (unpaired) electrons. The predicted molar refractivity (Wildman–Crippen MR) is 68.5 cm³/mol. The third-order valence-corrected chi connectivity index (χ3v) is 2.69. The molecule has 0 unspecified atom stereocenters. The summed E-state index contributed by atoms with van der Waals surface area (Å²) in [7, 11) is 1.70. The second kappa shape index (κ2) is 6.67. The number of hydrogen-bond acceptors (Lipinski definition) is 5. The van der Waals surface area contributed by atoms with Gasteiger partial charge in [-0.3, -0.25) is 4.79 Å². The third-order valence-electron chi connectivity index (χ3n) is 2.69. The van der Waals surface area contributed by atoms with Crippen LogP contribution >= 0.6 is 0 Å². The molecule has 1 aromatic heterocycles. The number of ether oxygens (including phenoxy) is 1. The van der Waals surface area contributed by atoms with E-state index in [1.807, 2.05) is 6.92 Å². The molecule has 0 aliphatic rings. The number of aromatic nitrogens is 3. The van der Waals surface area contributed by atoms with Gasteiger partial charge in [-0.1, -0.05) is 17.9 Å². The van der Waals surface area contributed by atoms with E-state index in [4.69, 9.17) is 4.74 Å². The number of amides is 1. The Hall–Kier alpha value is -2.18. The van der Waals surface area contributed by atoms with E-state index in [2.05, 4.69) is 16.9 Å². The maximum Gasteiger partial charge on any atom is 0.361 e. The third kappa shape index (κ3) is 3.64. The van der Waals surface area contributed by atoms with Crippen molar-refractivity contribution in [3.63, 3.8) is 0 Å². The summed E-state index contributed by atoms with van der Waals surface area (Å²) in [5, 5.41) is 7.53. The summed E-state index contributed by atoms with van der Waals surface area (Å²) in [5.74, 6) is -0.665. The van der Waals surface area contributed by atoms with Crippen molar-refractivity contribution in [2.45, 2.75) is 20.4 Å². The highest BCUT2D eigenvalue weighted by atomic mass is 16.5. The molecular weight excluding hydrogens is 248 g/mol. The molecular formula is C12H18N4O3. The molecule has 0 atom stereocenters. The predicted octanol–water partition coefficient (Wildman–Crippen LogP) is 0.408. The quantitative estimate of drug-likeness (QED) is 0.550. The molecule has 0 aliphatic carbocycles. The van der Waals surface area contributed by atoms with Crippen LogP contribution in [-0.2, 0) is 16.1 Å². The maximum atomic E-state index is 11.8. The Morgan fingerprint density at radius 1 is 1.53 bits per heavy atom. The highest BCUT2D eigenvalue weighted by Crippen LogP contribution is 2.06. The summed E-state index contributed by atoms with van der Waals surface area (Å²) >= 11 is 0. The Bertz CT molecular complexity index is 481. The number of nitrogens with zero attached hydrogens (tertiary/aromatic N) is 4. The van der Waals surface area contributed by atoms with E-state index >= 15 is 0 Å². The van der Waals surface area contributed by atoms with Crippen LogP contribution in [0, 0.1) is 6.92 Å². The van der Waals surface area contributed by atoms with Gasteiger partial charge in [0.1, 0.15) is 13.2 Å². The molecule has 1 aromatic rings. The number of carbonyl (C=O) groups excluding carboxylic acids is 2. The Morgan fingerprint density at radius 3 is 2.79 bits per heavy atom. The standard InChI is InChI=1S/C12H18N4O3/c1-5-7-19-12(18)11-9(3)16(14-13-11)8-10(17)15(4)6-2/h5H,1,6-8H2,2-4H3. The van der Waals surface area contributed by atoms with Crippen molar-refractivity contribution in [1.29, 1.82) is 0 Å². The normalized spacial score (nSPS) is 10.1. The molecule has 0 N–H and O–H groups in total. The van der Waals surface area contributed by atoms with Crippen LogP contribution in [0.2, 0.25) is 0 Å². The average molecular weight is 266 g/mol. The molecule has 1 heterocycles. The number of esters is 1. The number of hydrogen-bond donors (Lipinski definition) is 0. The van der Waals surface area contributed by atoms with Gasteiger partial charge in [0, 0.05) is 13.6 Å². The van der Waals surface area contributed by atoms with Crippen molar-refractivity contribution in [3.8, 4) is 0 Å². The van der Waals surface area contributed by atoms with Gasteiger partial charge in [-0.25, -0.2) is 9.48 Å². The van der Waals surface area contributed by atoms with E-state index in [1.165, 1.54) is 10.8 Å². The SMILES string of the molecule is C=CCOC(=O)c1nnn(CC(=O)N(C)CC)c1C. The van der Waals surface area contributed by atoms with Crippen LogP contribution in [0.1, 0.15) is 23.1 Å². The first-order valence-electron chi connectivity index (χ1n) is 5.93. The minimum atomic E-state index is -0.569. The van der Waals surface area contributed by atoms with Crippen molar-refractivity contribution in [2.75, 3.05) is 20.2 Å². The van der Waals surface area contributed by atoms with E-state index in [0.29, 0.717) is 12.2 Å². The topological polar surface area (TPSA) is 77.3 Å². The molecule has 0 aliphatic heterocycles. The lowest BCUT2D eigenvalue weighted by molar-refractivity contribution is -0.130. The van der Waals surface area contributed by atoms with Crippen LogP contribution in [-0.4, -0.2) is 52.0 Å². The number of carbonyl (C=O) groups is 2. The van der Waals surface area contributed by atoms with Gasteiger partial charge in [-0.2, -0.15) is 0 Å². The first-order valence-corrected chi connectivity index (χ1v) is 5.93. The van der Waals surface area contributed by atoms with E-state index in [0.717, 1.165) is 0 Å². The van der Waals surface area contributed by atoms with E-state index in [9.17, 15) is 9.59 Å². The van der Waals surface area contributed by atoms with Crippen LogP contribution in [0.4, 0.5) is 0 Å². The van der Waals surface area contributed by atoms with Crippen LogP contribution in [0.15, 0.2) is 12.7 Å². The largest absolute Gasteiger partial charge is 0.457 e. The molecule has 0 fully saturated rings. The summed E-state index contributed by atoms with van der Waals surface area (Å²) in [5.41, 5.74) is 0.626. The highest BCUT2D eigenvalue weighted by molar-refractivity contribution is 5.88. The smallest absolute Gasteiger partial charge is 0.361 e. The van der Waals surface area contributed by atoms with Gasteiger partial charge in [-0.05, 0) is 13.8 Å². The van der Waals surface area contributed by atoms with Gasteiger partial charge in [0.05, 0.1) is 5.69 Å². The zero-order chi connectivity index (χ0) is 14.4. The Balaban J connectivity index is 2.78.